The Morgan fingerprint density at radius 2 is 2.06 bits per heavy atom. The van der Waals surface area contributed by atoms with Gasteiger partial charge < -0.3 is 14.2 Å². The van der Waals surface area contributed by atoms with Crippen LogP contribution in [0.3, 0.4) is 0 Å². The molecule has 17 heavy (non-hydrogen) atoms. The first-order valence-electron chi connectivity index (χ1n) is 5.13. The molecule has 1 rings (SSSR count). The van der Waals surface area contributed by atoms with Crippen molar-refractivity contribution in [3.63, 3.8) is 0 Å². The summed E-state index contributed by atoms with van der Waals surface area (Å²) in [6.07, 6.45) is 3.93. The number of nitriles is 1. The average molecular weight is 236 g/mol. The van der Waals surface area contributed by atoms with Crippen molar-refractivity contribution in [3.8, 4) is 6.07 Å². The van der Waals surface area contributed by atoms with Gasteiger partial charge in [0.15, 0.2) is 0 Å². The fourth-order valence-electron chi connectivity index (χ4n) is 1.45. The lowest BCUT2D eigenvalue weighted by atomic mass is 9.95. The molecule has 0 bridgehead atoms. The minimum Gasteiger partial charge on any atom is -0.481 e. The van der Waals surface area contributed by atoms with E-state index in [0.717, 1.165) is 0 Å². The van der Waals surface area contributed by atoms with Gasteiger partial charge in [-0.3, -0.25) is 0 Å². The van der Waals surface area contributed by atoms with Gasteiger partial charge in [0.25, 0.3) is 0 Å². The highest BCUT2D eigenvalue weighted by Gasteiger charge is 2.26. The molecule has 1 aliphatic heterocycles. The van der Waals surface area contributed by atoms with Gasteiger partial charge in [-0.05, 0) is 19.1 Å². The van der Waals surface area contributed by atoms with Crippen molar-refractivity contribution < 1.29 is 14.2 Å². The smallest absolute Gasteiger partial charge is 0.230 e. The van der Waals surface area contributed by atoms with E-state index in [4.69, 9.17) is 19.5 Å². The Bertz CT molecular complexity index is 418. The fraction of sp³-hybridized carbons (Fsp3) is 0.500. The highest BCUT2D eigenvalue weighted by molar-refractivity contribution is 5.88. The van der Waals surface area contributed by atoms with Gasteiger partial charge in [-0.25, -0.2) is 0 Å². The lowest BCUT2D eigenvalue weighted by Crippen LogP contribution is -2.26. The van der Waals surface area contributed by atoms with Crippen LogP contribution in [0.2, 0.25) is 0 Å². The summed E-state index contributed by atoms with van der Waals surface area (Å²) in [6.45, 7) is 1.88. The Balaban J connectivity index is 3.29. The second kappa shape index (κ2) is 5.51. The highest BCUT2D eigenvalue weighted by Crippen LogP contribution is 2.26. The van der Waals surface area contributed by atoms with E-state index < -0.39 is 5.60 Å². The lowest BCUT2D eigenvalue weighted by molar-refractivity contribution is 0.0487. The van der Waals surface area contributed by atoms with Crippen LogP contribution in [0.1, 0.15) is 13.3 Å². The largest absolute Gasteiger partial charge is 0.481 e. The van der Waals surface area contributed by atoms with E-state index in [-0.39, 0.29) is 5.88 Å². The molecule has 0 radical (unpaired) electrons. The maximum Gasteiger partial charge on any atom is 0.230 e. The Morgan fingerprint density at radius 1 is 1.35 bits per heavy atom. The third-order valence-corrected chi connectivity index (χ3v) is 2.58. The fourth-order valence-corrected chi connectivity index (χ4v) is 1.45. The predicted molar refractivity (Wildman–Crippen MR) is 63.3 cm³/mol. The van der Waals surface area contributed by atoms with Gasteiger partial charge >= 0.3 is 0 Å². The van der Waals surface area contributed by atoms with Gasteiger partial charge in [-0.15, -0.1) is 0 Å². The maximum absolute atomic E-state index is 9.12. The minimum absolute atomic E-state index is 0.261. The van der Waals surface area contributed by atoms with E-state index in [2.05, 4.69) is 11.1 Å². The molecule has 92 valence electrons. The zero-order valence-corrected chi connectivity index (χ0v) is 10.5. The van der Waals surface area contributed by atoms with Crippen molar-refractivity contribution in [3.05, 3.63) is 23.6 Å². The van der Waals surface area contributed by atoms with Crippen molar-refractivity contribution in [1.82, 2.24) is 0 Å². The highest BCUT2D eigenvalue weighted by atomic mass is 16.5. The van der Waals surface area contributed by atoms with Crippen LogP contribution in [0.15, 0.2) is 28.6 Å². The molecule has 1 heterocycles. The second-order valence-corrected chi connectivity index (χ2v) is 3.78. The molecule has 0 aromatic heterocycles. The summed E-state index contributed by atoms with van der Waals surface area (Å²) >= 11 is 0. The molecule has 0 N–H and O–H groups in total. The number of methoxy groups -OCH3 is 3. The first-order valence-corrected chi connectivity index (χ1v) is 5.13. The molecule has 5 heteroatoms. The van der Waals surface area contributed by atoms with E-state index in [1.165, 1.54) is 14.2 Å². The summed E-state index contributed by atoms with van der Waals surface area (Å²) < 4.78 is 15.6. The standard InChI is InChI=1S/C12H16N2O3/c1-12(17-4)6-5-10(15-2)14-11(16-3)9(7-12)8-13/h5-6H,7H2,1-4H3/b6-5-,11-9-,14-10+. The first kappa shape index (κ1) is 13.3. The molecule has 0 saturated heterocycles. The average Bonchev–Trinajstić information content (AvgIpc) is 2.35. The third kappa shape index (κ3) is 3.08. The summed E-state index contributed by atoms with van der Waals surface area (Å²) in [4.78, 5) is 4.11. The van der Waals surface area contributed by atoms with Crippen molar-refractivity contribution in [2.75, 3.05) is 21.3 Å². The quantitative estimate of drug-likeness (QED) is 0.733. The monoisotopic (exact) mass is 236 g/mol. The van der Waals surface area contributed by atoms with Crippen LogP contribution in [-0.2, 0) is 14.2 Å². The molecule has 0 aromatic rings. The first-order chi connectivity index (χ1) is 8.08. The molecular formula is C12H16N2O3. The van der Waals surface area contributed by atoms with Crippen LogP contribution < -0.4 is 0 Å². The molecular weight excluding hydrogens is 220 g/mol. The number of aliphatic imine (C=N–C) groups is 1. The van der Waals surface area contributed by atoms with Crippen LogP contribution >= 0.6 is 0 Å². The van der Waals surface area contributed by atoms with Crippen LogP contribution in [-0.4, -0.2) is 32.8 Å². The SMILES string of the molecule is COC1=C(\C#N)CC(C)(OC)\C=C/C(OC)=N\1. The zero-order valence-electron chi connectivity index (χ0n) is 10.5. The molecule has 0 amide bonds. The number of ether oxygens (including phenoxy) is 3. The van der Waals surface area contributed by atoms with E-state index >= 15 is 0 Å². The molecule has 1 aliphatic rings. The maximum atomic E-state index is 9.12. The van der Waals surface area contributed by atoms with Crippen molar-refractivity contribution in [2.24, 2.45) is 4.99 Å². The summed E-state index contributed by atoms with van der Waals surface area (Å²) in [5.74, 6) is 0.634. The summed E-state index contributed by atoms with van der Waals surface area (Å²) in [5.41, 5.74) is -0.148. The van der Waals surface area contributed by atoms with Crippen LogP contribution in [0.5, 0.6) is 0 Å². The van der Waals surface area contributed by atoms with Crippen LogP contribution in [0.25, 0.3) is 0 Å². The van der Waals surface area contributed by atoms with Gasteiger partial charge in [0, 0.05) is 13.5 Å². The molecule has 0 aliphatic carbocycles. The summed E-state index contributed by atoms with van der Waals surface area (Å²) in [5, 5.41) is 9.12. The number of hydrogen-bond donors (Lipinski definition) is 0. The molecule has 0 saturated carbocycles. The topological polar surface area (TPSA) is 63.8 Å². The molecule has 0 fully saturated rings. The third-order valence-electron chi connectivity index (χ3n) is 2.58. The van der Waals surface area contributed by atoms with Crippen LogP contribution in [0, 0.1) is 11.3 Å². The predicted octanol–water partition coefficient (Wildman–Crippen LogP) is 1.78. The van der Waals surface area contributed by atoms with Crippen LogP contribution in [0.4, 0.5) is 0 Å². The molecule has 0 spiro atoms. The Hall–Kier alpha value is -1.80. The van der Waals surface area contributed by atoms with Gasteiger partial charge in [-0.1, -0.05) is 0 Å². The lowest BCUT2D eigenvalue weighted by Gasteiger charge is -2.25. The summed E-state index contributed by atoms with van der Waals surface area (Å²) in [6, 6.07) is 2.08. The van der Waals surface area contributed by atoms with E-state index in [1.54, 1.807) is 13.2 Å². The Kier molecular flexibility index (Phi) is 4.30. The van der Waals surface area contributed by atoms with Gasteiger partial charge in [-0.2, -0.15) is 10.3 Å². The van der Waals surface area contributed by atoms with E-state index in [1.807, 2.05) is 13.0 Å². The molecule has 5 nitrogen and oxygen atoms in total. The van der Waals surface area contributed by atoms with Crippen molar-refractivity contribution in [1.29, 1.82) is 5.26 Å². The van der Waals surface area contributed by atoms with E-state index in [9.17, 15) is 0 Å². The van der Waals surface area contributed by atoms with Gasteiger partial charge in [0.1, 0.15) is 6.07 Å². The van der Waals surface area contributed by atoms with E-state index in [0.29, 0.717) is 17.9 Å². The Morgan fingerprint density at radius 3 is 2.53 bits per heavy atom. The van der Waals surface area contributed by atoms with Crippen molar-refractivity contribution in [2.45, 2.75) is 18.9 Å². The zero-order chi connectivity index (χ0) is 12.9. The van der Waals surface area contributed by atoms with Crippen molar-refractivity contribution >= 4 is 5.90 Å². The molecule has 1 atom stereocenters. The summed E-state index contributed by atoms with van der Waals surface area (Å²) in [7, 11) is 4.57. The second-order valence-electron chi connectivity index (χ2n) is 3.78. The minimum atomic E-state index is -0.575. The molecule has 0 aromatic carbocycles. The molecule has 1 unspecified atom stereocenters. The number of nitrogens with zero attached hydrogens (tertiary/aromatic N) is 2. The normalized spacial score (nSPS) is 33.7. The van der Waals surface area contributed by atoms with Gasteiger partial charge in [0.2, 0.25) is 11.8 Å². The van der Waals surface area contributed by atoms with Gasteiger partial charge in [0.05, 0.1) is 25.4 Å². The Labute approximate surface area is 101 Å². The number of rotatable bonds is 2. The number of hydrogen-bond acceptors (Lipinski definition) is 5.